The zero-order chi connectivity index (χ0) is 18.6. The van der Waals surface area contributed by atoms with Crippen LogP contribution in [0.4, 0.5) is 5.69 Å². The lowest BCUT2D eigenvalue weighted by molar-refractivity contribution is -0.156. The second-order valence-electron chi connectivity index (χ2n) is 7.84. The number of fused-ring (bicyclic) bond motifs is 1. The average molecular weight is 392 g/mol. The summed E-state index contributed by atoms with van der Waals surface area (Å²) < 4.78 is 40.4. The van der Waals surface area contributed by atoms with Gasteiger partial charge in [0.15, 0.2) is 0 Å². The summed E-state index contributed by atoms with van der Waals surface area (Å²) >= 11 is 0. The lowest BCUT2D eigenvalue weighted by Gasteiger charge is -2.38. The summed E-state index contributed by atoms with van der Waals surface area (Å²) in [5.41, 5.74) is 2.88. The predicted molar refractivity (Wildman–Crippen MR) is 98.3 cm³/mol. The Morgan fingerprint density at radius 1 is 1.00 bits per heavy atom. The van der Waals surface area contributed by atoms with E-state index < -0.39 is 10.0 Å². The second kappa shape index (κ2) is 6.55. The van der Waals surface area contributed by atoms with E-state index in [0.717, 1.165) is 36.1 Å². The summed E-state index contributed by atoms with van der Waals surface area (Å²) in [6.07, 6.45) is 4.05. The minimum Gasteiger partial charge on any atom is -0.373 e. The fourth-order valence-electron chi connectivity index (χ4n) is 4.84. The molecule has 1 saturated heterocycles. The molecule has 146 valence electrons. The first-order valence-corrected chi connectivity index (χ1v) is 11.2. The number of nitrogens with zero attached hydrogens (tertiary/aromatic N) is 1. The second-order valence-corrected chi connectivity index (χ2v) is 9.55. The Hall–Kier alpha value is -1.48. The summed E-state index contributed by atoms with van der Waals surface area (Å²) in [6, 6.07) is 3.35. The van der Waals surface area contributed by atoms with Gasteiger partial charge >= 0.3 is 0 Å². The van der Waals surface area contributed by atoms with E-state index in [1.54, 1.807) is 17.0 Å². The Labute approximate surface area is 159 Å². The molecule has 1 aliphatic carbocycles. The van der Waals surface area contributed by atoms with Crippen LogP contribution in [0.5, 0.6) is 0 Å². The number of benzene rings is 1. The van der Waals surface area contributed by atoms with Crippen LogP contribution in [0, 0.1) is 0 Å². The lowest BCUT2D eigenvalue weighted by atomic mass is 9.90. The van der Waals surface area contributed by atoms with Crippen LogP contribution in [0.3, 0.4) is 0 Å². The zero-order valence-electron chi connectivity index (χ0n) is 15.1. The van der Waals surface area contributed by atoms with Crippen molar-refractivity contribution in [3.63, 3.8) is 0 Å². The molecular weight excluding hydrogens is 368 g/mol. The molecule has 3 heterocycles. The van der Waals surface area contributed by atoms with Crippen molar-refractivity contribution in [3.05, 3.63) is 23.3 Å². The van der Waals surface area contributed by atoms with Gasteiger partial charge in [-0.2, -0.15) is 0 Å². The summed E-state index contributed by atoms with van der Waals surface area (Å²) in [5.74, 6) is 0.140. The minimum absolute atomic E-state index is 0.0269. The van der Waals surface area contributed by atoms with Crippen molar-refractivity contribution in [2.24, 2.45) is 0 Å². The highest BCUT2D eigenvalue weighted by Crippen LogP contribution is 2.38. The molecule has 1 aromatic carbocycles. The fraction of sp³-hybridized carbons (Fsp3) is 0.632. The molecule has 0 unspecified atom stereocenters. The summed E-state index contributed by atoms with van der Waals surface area (Å²) in [6.45, 7) is 1.85. The summed E-state index contributed by atoms with van der Waals surface area (Å²) in [4.78, 5) is 14.2. The van der Waals surface area contributed by atoms with E-state index in [1.165, 1.54) is 0 Å². The zero-order valence-corrected chi connectivity index (χ0v) is 16.0. The largest absolute Gasteiger partial charge is 0.373 e. The van der Waals surface area contributed by atoms with E-state index >= 15 is 0 Å². The van der Waals surface area contributed by atoms with Crippen molar-refractivity contribution in [2.45, 2.75) is 61.7 Å². The molecule has 27 heavy (non-hydrogen) atoms. The molecule has 0 bridgehead atoms. The quantitative estimate of drug-likeness (QED) is 0.834. The smallest absolute Gasteiger partial charge is 0.240 e. The predicted octanol–water partition coefficient (Wildman–Crippen LogP) is 1.14. The number of hydrogen-bond donors (Lipinski definition) is 1. The standard InChI is InChI=1S/C19H24N2O5S/c22-18-4-1-12-9-15(10-13-5-6-21(18)19(12)13)27(23,24)20-14-2-3-16-17(11-14)26-8-7-25-16/h9-10,14,16-17,20H,1-8,11H2/t14-,16-,17-/m1/s1. The van der Waals surface area contributed by atoms with E-state index in [0.29, 0.717) is 43.9 Å². The van der Waals surface area contributed by atoms with E-state index in [-0.39, 0.29) is 24.2 Å². The van der Waals surface area contributed by atoms with Gasteiger partial charge in [0, 0.05) is 19.0 Å². The Balaban J connectivity index is 1.37. The van der Waals surface area contributed by atoms with Crippen molar-refractivity contribution in [2.75, 3.05) is 24.7 Å². The molecule has 7 nitrogen and oxygen atoms in total. The van der Waals surface area contributed by atoms with Gasteiger partial charge < -0.3 is 14.4 Å². The maximum absolute atomic E-state index is 13.0. The van der Waals surface area contributed by atoms with Crippen molar-refractivity contribution < 1.29 is 22.7 Å². The number of anilines is 1. The van der Waals surface area contributed by atoms with Gasteiger partial charge in [-0.1, -0.05) is 0 Å². The fourth-order valence-corrected chi connectivity index (χ4v) is 6.23. The van der Waals surface area contributed by atoms with E-state index in [9.17, 15) is 13.2 Å². The number of amides is 1. The van der Waals surface area contributed by atoms with Gasteiger partial charge in [0.25, 0.3) is 0 Å². The van der Waals surface area contributed by atoms with Gasteiger partial charge in [-0.25, -0.2) is 13.1 Å². The van der Waals surface area contributed by atoms with Crippen LogP contribution in [-0.4, -0.2) is 52.3 Å². The monoisotopic (exact) mass is 392 g/mol. The maximum atomic E-state index is 13.0. The van der Waals surface area contributed by atoms with Gasteiger partial charge in [-0.3, -0.25) is 4.79 Å². The highest BCUT2D eigenvalue weighted by Gasteiger charge is 2.37. The lowest BCUT2D eigenvalue weighted by Crippen LogP contribution is -2.49. The van der Waals surface area contributed by atoms with Crippen LogP contribution in [0.25, 0.3) is 0 Å². The Morgan fingerprint density at radius 3 is 2.56 bits per heavy atom. The third-order valence-electron chi connectivity index (χ3n) is 6.14. The molecule has 0 aromatic heterocycles. The van der Waals surface area contributed by atoms with E-state index in [2.05, 4.69) is 4.72 Å². The Kier molecular flexibility index (Phi) is 4.27. The topological polar surface area (TPSA) is 84.9 Å². The number of rotatable bonds is 3. The molecule has 1 amide bonds. The first-order valence-electron chi connectivity index (χ1n) is 9.73. The first kappa shape index (κ1) is 17.6. The molecule has 0 radical (unpaired) electrons. The molecular formula is C19H24N2O5S. The number of carbonyl (C=O) groups is 1. The molecule has 0 spiro atoms. The third kappa shape index (κ3) is 3.08. The van der Waals surface area contributed by atoms with Crippen molar-refractivity contribution >= 4 is 21.6 Å². The SMILES string of the molecule is O=C1CCc2cc(S(=O)(=O)N[C@@H]3CC[C@H]4OCCO[C@@H]4C3)cc3c2N1CC3. The number of hydrogen-bond acceptors (Lipinski definition) is 5. The molecule has 2 fully saturated rings. The van der Waals surface area contributed by atoms with E-state index in [1.807, 2.05) is 0 Å². The van der Waals surface area contributed by atoms with Crippen LogP contribution in [0.1, 0.15) is 36.8 Å². The number of ether oxygens (including phenoxy) is 2. The molecule has 5 rings (SSSR count). The van der Waals surface area contributed by atoms with Crippen LogP contribution >= 0.6 is 0 Å². The molecule has 3 atom stereocenters. The maximum Gasteiger partial charge on any atom is 0.240 e. The van der Waals surface area contributed by atoms with Gasteiger partial charge in [0.2, 0.25) is 15.9 Å². The highest BCUT2D eigenvalue weighted by atomic mass is 32.2. The Bertz CT molecular complexity index is 884. The van der Waals surface area contributed by atoms with Gasteiger partial charge in [0.1, 0.15) is 0 Å². The Morgan fingerprint density at radius 2 is 1.74 bits per heavy atom. The molecule has 3 aliphatic heterocycles. The molecule has 1 aromatic rings. The van der Waals surface area contributed by atoms with Gasteiger partial charge in [-0.15, -0.1) is 0 Å². The number of nitrogens with one attached hydrogen (secondary N) is 1. The number of carbonyl (C=O) groups excluding carboxylic acids is 1. The van der Waals surface area contributed by atoms with Crippen molar-refractivity contribution in [1.82, 2.24) is 4.72 Å². The van der Waals surface area contributed by atoms with Crippen LogP contribution in [-0.2, 0) is 37.1 Å². The van der Waals surface area contributed by atoms with Gasteiger partial charge in [0.05, 0.1) is 36.0 Å². The molecule has 4 aliphatic rings. The first-order chi connectivity index (χ1) is 13.0. The third-order valence-corrected chi connectivity index (χ3v) is 7.64. The molecule has 1 N–H and O–H groups in total. The number of aryl methyl sites for hydroxylation is 1. The van der Waals surface area contributed by atoms with Crippen molar-refractivity contribution in [3.8, 4) is 0 Å². The van der Waals surface area contributed by atoms with Gasteiger partial charge in [-0.05, 0) is 55.4 Å². The van der Waals surface area contributed by atoms with Crippen LogP contribution in [0.2, 0.25) is 0 Å². The average Bonchev–Trinajstić information content (AvgIpc) is 3.10. The molecule has 8 heteroatoms. The minimum atomic E-state index is -3.61. The van der Waals surface area contributed by atoms with Crippen molar-refractivity contribution in [1.29, 1.82) is 0 Å². The summed E-state index contributed by atoms with van der Waals surface area (Å²) in [5, 5.41) is 0. The molecule has 1 saturated carbocycles. The van der Waals surface area contributed by atoms with E-state index in [4.69, 9.17) is 9.47 Å². The highest BCUT2D eigenvalue weighted by molar-refractivity contribution is 7.89. The normalized spacial score (nSPS) is 30.1. The van der Waals surface area contributed by atoms with Crippen LogP contribution in [0.15, 0.2) is 17.0 Å². The van der Waals surface area contributed by atoms with Crippen LogP contribution < -0.4 is 9.62 Å². The number of sulfonamides is 1. The summed E-state index contributed by atoms with van der Waals surface area (Å²) in [7, 11) is -3.61.